The van der Waals surface area contributed by atoms with Crippen LogP contribution in [0.1, 0.15) is 46.8 Å². The Bertz CT molecular complexity index is 1000. The lowest BCUT2D eigenvalue weighted by Crippen LogP contribution is -2.34. The summed E-state index contributed by atoms with van der Waals surface area (Å²) in [6, 6.07) is 0. The molecule has 0 aliphatic heterocycles. The Labute approximate surface area is 180 Å². The highest BCUT2D eigenvalue weighted by atomic mass is 31.2. The van der Waals surface area contributed by atoms with Gasteiger partial charge in [0.15, 0.2) is 22.7 Å². The number of fused-ring (bicyclic) bond motifs is 1. The first-order valence-corrected chi connectivity index (χ1v) is 11.4. The van der Waals surface area contributed by atoms with Gasteiger partial charge in [-0.25, -0.2) is 9.97 Å². The Balaban J connectivity index is 2.18. The summed E-state index contributed by atoms with van der Waals surface area (Å²) in [5.74, 6) is 0. The van der Waals surface area contributed by atoms with Gasteiger partial charge in [0.1, 0.15) is 11.6 Å². The molecule has 0 saturated carbocycles. The van der Waals surface area contributed by atoms with Crippen molar-refractivity contribution >= 4 is 18.8 Å². The summed E-state index contributed by atoms with van der Waals surface area (Å²) in [6.07, 6.45) is 0.599. The highest BCUT2D eigenvalue weighted by molar-refractivity contribution is 7.54. The topological polar surface area (TPSA) is 176 Å². The van der Waals surface area contributed by atoms with E-state index >= 15 is 0 Å². The molecular formula is C18H32N5O7P. The van der Waals surface area contributed by atoms with E-state index in [2.05, 4.69) is 9.97 Å². The maximum atomic E-state index is 12.5. The van der Waals surface area contributed by atoms with Crippen molar-refractivity contribution in [3.63, 3.8) is 0 Å². The quantitative estimate of drug-likeness (QED) is 0.300. The SMILES string of the molecule is CCC(C)(O)P(=O)(O)OC(C)(C)CCO[C@H]([C@H](O)CO)n1cnc2c(=N)n(C)cnc21. The van der Waals surface area contributed by atoms with Crippen LogP contribution in [-0.4, -0.2) is 69.6 Å². The summed E-state index contributed by atoms with van der Waals surface area (Å²) in [6.45, 7) is 5.38. The third-order valence-corrected chi connectivity index (χ3v) is 7.41. The third-order valence-electron chi connectivity index (χ3n) is 5.13. The molecule has 2 aromatic rings. The number of rotatable bonds is 11. The fourth-order valence-corrected chi connectivity index (χ4v) is 4.13. The van der Waals surface area contributed by atoms with Gasteiger partial charge in [-0.05, 0) is 33.6 Å². The highest BCUT2D eigenvalue weighted by Gasteiger charge is 2.45. The van der Waals surface area contributed by atoms with Gasteiger partial charge < -0.3 is 34.0 Å². The minimum Gasteiger partial charge on any atom is -0.394 e. The van der Waals surface area contributed by atoms with Crippen molar-refractivity contribution in [1.82, 2.24) is 19.1 Å². The van der Waals surface area contributed by atoms with E-state index in [0.29, 0.717) is 11.2 Å². The maximum Gasteiger partial charge on any atom is 0.359 e. The minimum absolute atomic E-state index is 0.0169. The number of nitrogens with one attached hydrogen (secondary N) is 1. The average Bonchev–Trinajstić information content (AvgIpc) is 3.11. The predicted octanol–water partition coefficient (Wildman–Crippen LogP) is 0.607. The largest absolute Gasteiger partial charge is 0.394 e. The molecule has 2 aromatic heterocycles. The molecule has 31 heavy (non-hydrogen) atoms. The van der Waals surface area contributed by atoms with Gasteiger partial charge in [0.05, 0.1) is 31.5 Å². The lowest BCUT2D eigenvalue weighted by Gasteiger charge is -2.34. The molecular weight excluding hydrogens is 429 g/mol. The van der Waals surface area contributed by atoms with Crippen LogP contribution in [0.15, 0.2) is 12.7 Å². The van der Waals surface area contributed by atoms with E-state index in [4.69, 9.17) is 14.7 Å². The number of ether oxygens (including phenoxy) is 1. The van der Waals surface area contributed by atoms with Crippen molar-refractivity contribution in [3.8, 4) is 0 Å². The molecule has 0 aromatic carbocycles. The Morgan fingerprint density at radius 3 is 2.52 bits per heavy atom. The molecule has 0 amide bonds. The summed E-state index contributed by atoms with van der Waals surface area (Å²) in [5, 5.41) is 36.1. The molecule has 2 heterocycles. The smallest absolute Gasteiger partial charge is 0.359 e. The molecule has 0 aliphatic rings. The lowest BCUT2D eigenvalue weighted by atomic mass is 10.1. The first-order valence-electron chi connectivity index (χ1n) is 9.85. The second-order valence-corrected chi connectivity index (χ2v) is 10.4. The maximum absolute atomic E-state index is 12.5. The number of aliphatic hydroxyl groups is 3. The van der Waals surface area contributed by atoms with Crippen LogP contribution in [0.5, 0.6) is 0 Å². The summed E-state index contributed by atoms with van der Waals surface area (Å²) < 4.78 is 26.5. The van der Waals surface area contributed by atoms with Gasteiger partial charge >= 0.3 is 7.60 Å². The molecule has 4 atom stereocenters. The van der Waals surface area contributed by atoms with Crippen molar-refractivity contribution in [2.45, 2.75) is 63.8 Å². The van der Waals surface area contributed by atoms with E-state index < -0.39 is 37.5 Å². The average molecular weight is 461 g/mol. The number of hydrogen-bond acceptors (Lipinski definition) is 9. The number of hydrogen-bond donors (Lipinski definition) is 5. The number of aliphatic hydroxyl groups excluding tert-OH is 2. The lowest BCUT2D eigenvalue weighted by molar-refractivity contribution is -0.105. The van der Waals surface area contributed by atoms with Gasteiger partial charge in [0.25, 0.3) is 0 Å². The summed E-state index contributed by atoms with van der Waals surface area (Å²) in [4.78, 5) is 18.5. The summed E-state index contributed by atoms with van der Waals surface area (Å²) in [7, 11) is -2.68. The van der Waals surface area contributed by atoms with Crippen molar-refractivity contribution in [3.05, 3.63) is 18.1 Å². The Kier molecular flexibility index (Phi) is 7.81. The van der Waals surface area contributed by atoms with E-state index in [9.17, 15) is 24.8 Å². The molecule has 0 saturated heterocycles. The number of imidazole rings is 1. The fourth-order valence-electron chi connectivity index (χ4n) is 2.77. The summed E-state index contributed by atoms with van der Waals surface area (Å²) >= 11 is 0. The van der Waals surface area contributed by atoms with Crippen LogP contribution in [0, 0.1) is 5.41 Å². The minimum atomic E-state index is -4.33. The van der Waals surface area contributed by atoms with Gasteiger partial charge in [-0.3, -0.25) is 14.5 Å². The van der Waals surface area contributed by atoms with E-state index in [0.717, 1.165) is 0 Å². The van der Waals surface area contributed by atoms with E-state index in [1.165, 1.54) is 28.7 Å². The number of nitrogens with zero attached hydrogens (tertiary/aromatic N) is 4. The molecule has 13 heteroatoms. The molecule has 2 rings (SSSR count). The van der Waals surface area contributed by atoms with E-state index in [1.807, 2.05) is 0 Å². The van der Waals surface area contributed by atoms with Crippen molar-refractivity contribution in [2.24, 2.45) is 7.05 Å². The monoisotopic (exact) mass is 461 g/mol. The van der Waals surface area contributed by atoms with Gasteiger partial charge in [-0.2, -0.15) is 0 Å². The summed E-state index contributed by atoms with van der Waals surface area (Å²) in [5.41, 5.74) is -0.405. The van der Waals surface area contributed by atoms with Gasteiger partial charge in [-0.1, -0.05) is 6.92 Å². The first-order chi connectivity index (χ1) is 14.3. The van der Waals surface area contributed by atoms with Crippen molar-refractivity contribution in [2.75, 3.05) is 13.2 Å². The molecule has 0 fully saturated rings. The van der Waals surface area contributed by atoms with Gasteiger partial charge in [-0.15, -0.1) is 0 Å². The predicted molar refractivity (Wildman–Crippen MR) is 111 cm³/mol. The molecule has 0 bridgehead atoms. The molecule has 2 unspecified atom stereocenters. The Morgan fingerprint density at radius 1 is 1.29 bits per heavy atom. The molecule has 12 nitrogen and oxygen atoms in total. The molecule has 176 valence electrons. The normalized spacial score (nSPS) is 18.5. The van der Waals surface area contributed by atoms with Crippen LogP contribution in [0.25, 0.3) is 11.2 Å². The molecule has 0 radical (unpaired) electrons. The number of aryl methyl sites for hydroxylation is 1. The molecule has 5 N–H and O–H groups in total. The van der Waals surface area contributed by atoms with Gasteiger partial charge in [0.2, 0.25) is 0 Å². The third kappa shape index (κ3) is 5.58. The fraction of sp³-hybridized carbons (Fsp3) is 0.722. The second kappa shape index (κ2) is 9.45. The van der Waals surface area contributed by atoms with Crippen LogP contribution in [0.3, 0.4) is 0 Å². The zero-order chi connectivity index (χ0) is 23.6. The van der Waals surface area contributed by atoms with E-state index in [-0.39, 0.29) is 24.9 Å². The molecule has 0 aliphatic carbocycles. The Hall–Kier alpha value is -1.66. The van der Waals surface area contributed by atoms with Crippen LogP contribution in [0.4, 0.5) is 0 Å². The second-order valence-electron chi connectivity index (χ2n) is 8.23. The van der Waals surface area contributed by atoms with Gasteiger partial charge in [0, 0.05) is 7.05 Å². The Morgan fingerprint density at radius 2 is 1.94 bits per heavy atom. The number of aromatic nitrogens is 4. The van der Waals surface area contributed by atoms with Crippen LogP contribution < -0.4 is 5.49 Å². The highest BCUT2D eigenvalue weighted by Crippen LogP contribution is 2.58. The van der Waals surface area contributed by atoms with Crippen molar-refractivity contribution in [1.29, 1.82) is 5.41 Å². The standard InChI is InChI=1S/C18H32N5O7P/c1-6-18(4,26)31(27,28)30-17(2,3)7-8-29-16(12(25)9-24)23-11-20-13-14(19)22(5)10-21-15(13)23/h10-12,16,19,24-26H,6-9H2,1-5H3,(H,27,28)/t12-,16-,18?/m1/s1. The molecule has 0 spiro atoms. The first kappa shape index (κ1) is 25.6. The van der Waals surface area contributed by atoms with Crippen molar-refractivity contribution < 1.29 is 34.0 Å². The zero-order valence-corrected chi connectivity index (χ0v) is 19.3. The van der Waals surface area contributed by atoms with E-state index in [1.54, 1.807) is 27.8 Å². The van der Waals surface area contributed by atoms with Crippen LogP contribution in [-0.2, 0) is 20.9 Å². The zero-order valence-electron chi connectivity index (χ0n) is 18.4. The van der Waals surface area contributed by atoms with Crippen LogP contribution in [0.2, 0.25) is 0 Å². The van der Waals surface area contributed by atoms with Crippen LogP contribution >= 0.6 is 7.60 Å².